The van der Waals surface area contributed by atoms with Crippen LogP contribution in [0.15, 0.2) is 36.4 Å². The predicted octanol–water partition coefficient (Wildman–Crippen LogP) is 4.39. The van der Waals surface area contributed by atoms with Crippen molar-refractivity contribution in [2.45, 2.75) is 13.0 Å². The van der Waals surface area contributed by atoms with E-state index in [1.54, 1.807) is 28.8 Å². The monoisotopic (exact) mass is 373 g/mol. The summed E-state index contributed by atoms with van der Waals surface area (Å²) in [6.45, 7) is 1.08. The lowest BCUT2D eigenvalue weighted by Gasteiger charge is -2.19. The third kappa shape index (κ3) is 2.43. The molecule has 132 valence electrons. The fourth-order valence-corrected chi connectivity index (χ4v) is 3.53. The van der Waals surface area contributed by atoms with Crippen molar-refractivity contribution in [2.75, 3.05) is 11.9 Å². The molecule has 0 spiro atoms. The molecule has 0 aliphatic carbocycles. The SMILES string of the molecule is O=C(c1ccc(Cl)cc1)c1c2n(c3c(F)ccc([N+](=O)[O-])c13)CCCN2. The maximum absolute atomic E-state index is 14.5. The molecule has 0 saturated carbocycles. The molecule has 0 saturated heterocycles. The highest BCUT2D eigenvalue weighted by atomic mass is 35.5. The Morgan fingerprint density at radius 1 is 1.23 bits per heavy atom. The van der Waals surface area contributed by atoms with E-state index in [0.717, 1.165) is 18.6 Å². The molecular weight excluding hydrogens is 361 g/mol. The molecule has 26 heavy (non-hydrogen) atoms. The van der Waals surface area contributed by atoms with Crippen LogP contribution in [0.3, 0.4) is 0 Å². The van der Waals surface area contributed by atoms with E-state index in [-0.39, 0.29) is 22.2 Å². The highest BCUT2D eigenvalue weighted by molar-refractivity contribution is 6.31. The molecule has 2 heterocycles. The third-order valence-corrected chi connectivity index (χ3v) is 4.77. The molecule has 1 N–H and O–H groups in total. The maximum atomic E-state index is 14.5. The summed E-state index contributed by atoms with van der Waals surface area (Å²) in [5.41, 5.74) is 0.241. The molecule has 0 fully saturated rings. The molecule has 0 amide bonds. The lowest BCUT2D eigenvalue weighted by molar-refractivity contribution is -0.383. The van der Waals surface area contributed by atoms with Gasteiger partial charge in [-0.05, 0) is 36.8 Å². The van der Waals surface area contributed by atoms with Crippen molar-refractivity contribution in [3.63, 3.8) is 0 Å². The minimum Gasteiger partial charge on any atom is -0.371 e. The number of anilines is 1. The molecule has 1 aliphatic heterocycles. The molecule has 6 nitrogen and oxygen atoms in total. The second kappa shape index (κ2) is 6.10. The molecule has 3 aromatic rings. The number of nitro groups is 1. The number of ketones is 1. The Morgan fingerprint density at radius 2 is 1.96 bits per heavy atom. The summed E-state index contributed by atoms with van der Waals surface area (Å²) in [6.07, 6.45) is 0.730. The van der Waals surface area contributed by atoms with Gasteiger partial charge in [0.05, 0.1) is 21.4 Å². The number of benzene rings is 2. The van der Waals surface area contributed by atoms with Gasteiger partial charge in [0.2, 0.25) is 0 Å². The lowest BCUT2D eigenvalue weighted by atomic mass is 10.0. The summed E-state index contributed by atoms with van der Waals surface area (Å²) >= 11 is 5.87. The second-order valence-electron chi connectivity index (χ2n) is 6.04. The minimum atomic E-state index is -0.592. The van der Waals surface area contributed by atoms with Crippen molar-refractivity contribution in [3.8, 4) is 0 Å². The summed E-state index contributed by atoms with van der Waals surface area (Å²) in [5, 5.41) is 15.1. The van der Waals surface area contributed by atoms with Gasteiger partial charge in [0.15, 0.2) is 5.78 Å². The average molecular weight is 374 g/mol. The minimum absolute atomic E-state index is 0.0272. The van der Waals surface area contributed by atoms with Gasteiger partial charge in [0.1, 0.15) is 11.6 Å². The van der Waals surface area contributed by atoms with Crippen LogP contribution in [0.5, 0.6) is 0 Å². The standard InChI is InChI=1S/C18H13ClFN3O3/c19-11-4-2-10(3-5-11)17(24)15-14-13(23(25)26)7-6-12(20)16(14)22-9-1-8-21-18(15)22/h2-7,21H,1,8-9H2. The molecular formula is C18H13ClFN3O3. The van der Waals surface area contributed by atoms with Crippen molar-refractivity contribution in [2.24, 2.45) is 0 Å². The van der Waals surface area contributed by atoms with Gasteiger partial charge in [0.25, 0.3) is 5.69 Å². The van der Waals surface area contributed by atoms with Crippen LogP contribution < -0.4 is 5.32 Å². The highest BCUT2D eigenvalue weighted by Gasteiger charge is 2.32. The molecule has 1 aromatic heterocycles. The Morgan fingerprint density at radius 3 is 2.65 bits per heavy atom. The highest BCUT2D eigenvalue weighted by Crippen LogP contribution is 2.40. The molecule has 4 rings (SSSR count). The van der Waals surface area contributed by atoms with Crippen LogP contribution >= 0.6 is 11.6 Å². The van der Waals surface area contributed by atoms with E-state index in [2.05, 4.69) is 5.32 Å². The zero-order valence-electron chi connectivity index (χ0n) is 13.5. The van der Waals surface area contributed by atoms with Crippen LogP contribution in [0.4, 0.5) is 15.9 Å². The maximum Gasteiger partial charge on any atom is 0.279 e. The van der Waals surface area contributed by atoms with E-state index < -0.39 is 16.5 Å². The molecule has 8 heteroatoms. The summed E-state index contributed by atoms with van der Waals surface area (Å²) in [6, 6.07) is 8.41. The summed E-state index contributed by atoms with van der Waals surface area (Å²) in [7, 11) is 0. The number of nitro benzene ring substituents is 1. The molecule has 0 unspecified atom stereocenters. The van der Waals surface area contributed by atoms with E-state index in [0.29, 0.717) is 29.5 Å². The number of non-ortho nitro benzene ring substituents is 1. The number of rotatable bonds is 3. The van der Waals surface area contributed by atoms with Gasteiger partial charge < -0.3 is 9.88 Å². The number of aromatic nitrogens is 1. The summed E-state index contributed by atoms with van der Waals surface area (Å²) in [4.78, 5) is 24.1. The number of carbonyl (C=O) groups is 1. The van der Waals surface area contributed by atoms with E-state index in [9.17, 15) is 19.3 Å². The van der Waals surface area contributed by atoms with Crippen molar-refractivity contribution in [1.29, 1.82) is 0 Å². The predicted molar refractivity (Wildman–Crippen MR) is 96.5 cm³/mol. The van der Waals surface area contributed by atoms with Crippen LogP contribution in [0.2, 0.25) is 5.02 Å². The van der Waals surface area contributed by atoms with Gasteiger partial charge in [-0.3, -0.25) is 14.9 Å². The van der Waals surface area contributed by atoms with Gasteiger partial charge in [-0.25, -0.2) is 4.39 Å². The number of fused-ring (bicyclic) bond motifs is 3. The quantitative estimate of drug-likeness (QED) is 0.419. The number of hydrogen-bond acceptors (Lipinski definition) is 4. The van der Waals surface area contributed by atoms with Crippen molar-refractivity contribution in [3.05, 3.63) is 68.5 Å². The second-order valence-corrected chi connectivity index (χ2v) is 6.48. The number of aryl methyl sites for hydroxylation is 1. The van der Waals surface area contributed by atoms with Gasteiger partial charge in [-0.1, -0.05) is 11.6 Å². The van der Waals surface area contributed by atoms with Gasteiger partial charge in [0, 0.05) is 29.7 Å². The van der Waals surface area contributed by atoms with Crippen LogP contribution in [0.25, 0.3) is 10.9 Å². The van der Waals surface area contributed by atoms with E-state index >= 15 is 0 Å². The molecule has 0 bridgehead atoms. The Kier molecular flexibility index (Phi) is 3.88. The fraction of sp³-hybridized carbons (Fsp3) is 0.167. The number of halogens is 2. The van der Waals surface area contributed by atoms with Crippen LogP contribution in [0.1, 0.15) is 22.3 Å². The number of hydrogen-bond donors (Lipinski definition) is 1. The van der Waals surface area contributed by atoms with Crippen molar-refractivity contribution < 1.29 is 14.1 Å². The Labute approximate surface area is 152 Å². The number of nitrogens with zero attached hydrogens (tertiary/aromatic N) is 2. The Balaban J connectivity index is 2.07. The smallest absolute Gasteiger partial charge is 0.279 e. The molecule has 0 radical (unpaired) electrons. The molecule has 2 aromatic carbocycles. The Bertz CT molecular complexity index is 1060. The summed E-state index contributed by atoms with van der Waals surface area (Å²) < 4.78 is 16.2. The average Bonchev–Trinajstić information content (AvgIpc) is 2.97. The van der Waals surface area contributed by atoms with Gasteiger partial charge >= 0.3 is 0 Å². The Hall–Kier alpha value is -2.93. The van der Waals surface area contributed by atoms with Crippen LogP contribution in [-0.2, 0) is 6.54 Å². The first-order valence-corrected chi connectivity index (χ1v) is 8.40. The summed E-state index contributed by atoms with van der Waals surface area (Å²) in [5.74, 6) is -0.589. The van der Waals surface area contributed by atoms with E-state index in [1.807, 2.05) is 0 Å². The topological polar surface area (TPSA) is 77.2 Å². The molecule has 1 aliphatic rings. The van der Waals surface area contributed by atoms with E-state index in [1.165, 1.54) is 0 Å². The lowest BCUT2D eigenvalue weighted by Crippen LogP contribution is -2.18. The zero-order chi connectivity index (χ0) is 18.4. The van der Waals surface area contributed by atoms with Gasteiger partial charge in [-0.2, -0.15) is 0 Å². The van der Waals surface area contributed by atoms with Crippen molar-refractivity contribution in [1.82, 2.24) is 4.57 Å². The van der Waals surface area contributed by atoms with E-state index in [4.69, 9.17) is 11.6 Å². The molecule has 0 atom stereocenters. The third-order valence-electron chi connectivity index (χ3n) is 4.51. The van der Waals surface area contributed by atoms with Gasteiger partial charge in [-0.15, -0.1) is 0 Å². The van der Waals surface area contributed by atoms with Crippen LogP contribution in [-0.4, -0.2) is 21.8 Å². The van der Waals surface area contributed by atoms with Crippen LogP contribution in [0, 0.1) is 15.9 Å². The first kappa shape index (κ1) is 16.5. The normalized spacial score (nSPS) is 13.3. The zero-order valence-corrected chi connectivity index (χ0v) is 14.2. The first-order chi connectivity index (χ1) is 12.5. The fourth-order valence-electron chi connectivity index (χ4n) is 3.40. The first-order valence-electron chi connectivity index (χ1n) is 8.02. The largest absolute Gasteiger partial charge is 0.371 e. The van der Waals surface area contributed by atoms with Crippen molar-refractivity contribution >= 4 is 39.8 Å². The number of nitrogens with one attached hydrogen (secondary N) is 1. The number of carbonyl (C=O) groups excluding carboxylic acids is 1.